The van der Waals surface area contributed by atoms with Crippen LogP contribution < -0.4 is 25.2 Å². The topological polar surface area (TPSA) is 112 Å². The average molecular weight is 606 g/mol. The first-order valence-corrected chi connectivity index (χ1v) is 16.2. The van der Waals surface area contributed by atoms with Crippen molar-refractivity contribution >= 4 is 35.0 Å². The molecule has 1 aromatic carbocycles. The Morgan fingerprint density at radius 2 is 1.77 bits per heavy atom. The van der Waals surface area contributed by atoms with Crippen LogP contribution >= 0.6 is 0 Å². The lowest BCUT2D eigenvalue weighted by atomic mass is 9.89. The summed E-state index contributed by atoms with van der Waals surface area (Å²) in [4.78, 5) is 42.6. The summed E-state index contributed by atoms with van der Waals surface area (Å²) in [5.74, 6) is 1.69. The van der Waals surface area contributed by atoms with Gasteiger partial charge in [-0.3, -0.25) is 14.5 Å². The van der Waals surface area contributed by atoms with Crippen molar-refractivity contribution in [3.05, 3.63) is 30.0 Å². The van der Waals surface area contributed by atoms with E-state index in [0.29, 0.717) is 41.6 Å². The molecule has 2 N–H and O–H groups in total. The summed E-state index contributed by atoms with van der Waals surface area (Å²) in [5.41, 5.74) is 1.39. The van der Waals surface area contributed by atoms with E-state index in [2.05, 4.69) is 25.4 Å². The Bertz CT molecular complexity index is 1350. The van der Waals surface area contributed by atoms with Crippen molar-refractivity contribution in [3.63, 3.8) is 0 Å². The van der Waals surface area contributed by atoms with Crippen LogP contribution in [-0.4, -0.2) is 91.8 Å². The number of carbonyl (C=O) groups is 2. The average Bonchev–Trinajstić information content (AvgIpc) is 3.57. The van der Waals surface area contributed by atoms with Crippen molar-refractivity contribution < 1.29 is 19.1 Å². The number of nitrogens with one attached hydrogen (secondary N) is 2. The minimum Gasteiger partial charge on any atom is -0.495 e. The van der Waals surface area contributed by atoms with Crippen LogP contribution in [-0.2, 0) is 9.53 Å². The van der Waals surface area contributed by atoms with E-state index < -0.39 is 5.41 Å². The minimum atomic E-state index is -0.548. The maximum atomic E-state index is 13.3. The summed E-state index contributed by atoms with van der Waals surface area (Å²) in [6.07, 6.45) is 10.4. The van der Waals surface area contributed by atoms with Crippen molar-refractivity contribution in [2.75, 3.05) is 62.1 Å². The predicted octanol–water partition coefficient (Wildman–Crippen LogP) is 4.35. The highest BCUT2D eigenvalue weighted by Crippen LogP contribution is 2.40. The molecule has 3 fully saturated rings. The number of carbonyl (C=O) groups excluding carboxylic acids is 2. The molecule has 0 spiro atoms. The number of amides is 2. The summed E-state index contributed by atoms with van der Waals surface area (Å²) in [5, 5.41) is 6.56. The highest BCUT2D eigenvalue weighted by molar-refractivity contribution is 6.01. The molecular formula is C33H47N7O4. The van der Waals surface area contributed by atoms with E-state index in [1.54, 1.807) is 31.3 Å². The summed E-state index contributed by atoms with van der Waals surface area (Å²) in [6, 6.07) is 6.52. The SMILES string of the molecule is COc1cc(C(=O)NC2CCC(N3CCOCC3)CC2)ccc1Nc1ncc2c(n1)N(C1CCCC1)CC(C)(C)C(=O)N2C. The Balaban J connectivity index is 1.15. The Labute approximate surface area is 260 Å². The molecule has 0 bridgehead atoms. The molecule has 6 rings (SSSR count). The number of rotatable bonds is 7. The number of nitrogens with zero attached hydrogens (tertiary/aromatic N) is 5. The van der Waals surface area contributed by atoms with Gasteiger partial charge in [-0.1, -0.05) is 12.8 Å². The van der Waals surface area contributed by atoms with Crippen molar-refractivity contribution in [2.45, 2.75) is 83.3 Å². The minimum absolute atomic E-state index is 0.0595. The molecule has 238 valence electrons. The van der Waals surface area contributed by atoms with Gasteiger partial charge in [0.25, 0.3) is 5.91 Å². The molecular weight excluding hydrogens is 558 g/mol. The van der Waals surface area contributed by atoms with Crippen molar-refractivity contribution in [1.82, 2.24) is 20.2 Å². The van der Waals surface area contributed by atoms with E-state index >= 15 is 0 Å². The van der Waals surface area contributed by atoms with Gasteiger partial charge in [0.05, 0.1) is 37.6 Å². The smallest absolute Gasteiger partial charge is 0.251 e. The van der Waals surface area contributed by atoms with Crippen LogP contribution in [0, 0.1) is 5.41 Å². The third-order valence-electron chi connectivity index (χ3n) is 9.90. The Hall–Kier alpha value is -3.44. The number of benzene rings is 1. The number of aromatic nitrogens is 2. The van der Waals surface area contributed by atoms with Gasteiger partial charge in [-0.05, 0) is 70.6 Å². The fraction of sp³-hybridized carbons (Fsp3) is 0.636. The highest BCUT2D eigenvalue weighted by atomic mass is 16.5. The zero-order valence-corrected chi connectivity index (χ0v) is 26.6. The molecule has 0 unspecified atom stereocenters. The van der Waals surface area contributed by atoms with Crippen molar-refractivity contribution in [3.8, 4) is 5.75 Å². The van der Waals surface area contributed by atoms with E-state index in [1.807, 2.05) is 26.0 Å². The quantitative estimate of drug-likeness (QED) is 0.476. The van der Waals surface area contributed by atoms with Gasteiger partial charge < -0.3 is 29.9 Å². The number of morpholine rings is 1. The largest absolute Gasteiger partial charge is 0.495 e. The van der Waals surface area contributed by atoms with Gasteiger partial charge in [0, 0.05) is 50.4 Å². The van der Waals surface area contributed by atoms with Gasteiger partial charge in [0.1, 0.15) is 11.4 Å². The van der Waals surface area contributed by atoms with Crippen LogP contribution in [0.15, 0.2) is 24.4 Å². The van der Waals surface area contributed by atoms with E-state index in [0.717, 1.165) is 76.3 Å². The van der Waals surface area contributed by atoms with Gasteiger partial charge in [-0.2, -0.15) is 4.98 Å². The maximum Gasteiger partial charge on any atom is 0.251 e. The fourth-order valence-electron chi connectivity index (χ4n) is 7.38. The Morgan fingerprint density at radius 3 is 2.48 bits per heavy atom. The van der Waals surface area contributed by atoms with Crippen LogP contribution in [0.5, 0.6) is 5.75 Å². The second-order valence-electron chi connectivity index (χ2n) is 13.4. The number of hydrogen-bond acceptors (Lipinski definition) is 9. The molecule has 2 amide bonds. The Kier molecular flexibility index (Phi) is 8.96. The normalized spacial score (nSPS) is 24.5. The standard InChI is InChI=1S/C33H47N7O4/c1-33(2)21-40(25-7-5-6-8-25)29-27(38(3)31(33)42)20-34-32(37-29)36-26-14-9-22(19-28(26)43-4)30(41)35-23-10-12-24(13-11-23)39-15-17-44-18-16-39/h9,14,19-20,23-25H,5-8,10-13,15-18,21H2,1-4H3,(H,35,41)(H,34,36,37). The zero-order chi connectivity index (χ0) is 30.8. The van der Waals surface area contributed by atoms with Crippen molar-refractivity contribution in [1.29, 1.82) is 0 Å². The third kappa shape index (κ3) is 6.35. The first-order valence-electron chi connectivity index (χ1n) is 16.2. The van der Waals surface area contributed by atoms with E-state index in [1.165, 1.54) is 12.8 Å². The maximum absolute atomic E-state index is 13.3. The summed E-state index contributed by atoms with van der Waals surface area (Å²) in [6.45, 7) is 8.26. The fourth-order valence-corrected chi connectivity index (χ4v) is 7.38. The second kappa shape index (κ2) is 12.9. The van der Waals surface area contributed by atoms with Gasteiger partial charge in [-0.15, -0.1) is 0 Å². The molecule has 44 heavy (non-hydrogen) atoms. The second-order valence-corrected chi connectivity index (χ2v) is 13.4. The molecule has 1 saturated heterocycles. The Morgan fingerprint density at radius 1 is 1.05 bits per heavy atom. The number of anilines is 4. The van der Waals surface area contributed by atoms with Gasteiger partial charge >= 0.3 is 0 Å². The molecule has 2 aliphatic carbocycles. The predicted molar refractivity (Wildman–Crippen MR) is 171 cm³/mol. The molecule has 3 heterocycles. The molecule has 2 saturated carbocycles. The monoisotopic (exact) mass is 605 g/mol. The van der Waals surface area contributed by atoms with Crippen LogP contribution in [0.25, 0.3) is 0 Å². The van der Waals surface area contributed by atoms with Crippen LogP contribution in [0.1, 0.15) is 75.6 Å². The number of methoxy groups -OCH3 is 1. The number of ether oxygens (including phenoxy) is 2. The van der Waals surface area contributed by atoms with E-state index in [4.69, 9.17) is 14.5 Å². The van der Waals surface area contributed by atoms with Crippen LogP contribution in [0.2, 0.25) is 0 Å². The molecule has 11 heteroatoms. The van der Waals surface area contributed by atoms with E-state index in [-0.39, 0.29) is 17.9 Å². The first-order chi connectivity index (χ1) is 21.2. The van der Waals surface area contributed by atoms with Gasteiger partial charge in [-0.25, -0.2) is 4.98 Å². The number of fused-ring (bicyclic) bond motifs is 1. The lowest BCUT2D eigenvalue weighted by molar-refractivity contribution is -0.125. The molecule has 2 aliphatic heterocycles. The molecule has 11 nitrogen and oxygen atoms in total. The number of hydrogen-bond donors (Lipinski definition) is 2. The summed E-state index contributed by atoms with van der Waals surface area (Å²) >= 11 is 0. The van der Waals surface area contributed by atoms with Gasteiger partial charge in [0.15, 0.2) is 5.82 Å². The molecule has 0 atom stereocenters. The summed E-state index contributed by atoms with van der Waals surface area (Å²) < 4.78 is 11.2. The van der Waals surface area contributed by atoms with Crippen LogP contribution in [0.4, 0.5) is 23.1 Å². The summed E-state index contributed by atoms with van der Waals surface area (Å²) in [7, 11) is 3.40. The lowest BCUT2D eigenvalue weighted by Crippen LogP contribution is -2.47. The lowest BCUT2D eigenvalue weighted by Gasteiger charge is -2.38. The molecule has 1 aromatic heterocycles. The molecule has 0 radical (unpaired) electrons. The third-order valence-corrected chi connectivity index (χ3v) is 9.90. The molecule has 4 aliphatic rings. The zero-order valence-electron chi connectivity index (χ0n) is 26.6. The highest BCUT2D eigenvalue weighted by Gasteiger charge is 2.41. The van der Waals surface area contributed by atoms with Crippen LogP contribution in [0.3, 0.4) is 0 Å². The van der Waals surface area contributed by atoms with E-state index in [9.17, 15) is 9.59 Å². The van der Waals surface area contributed by atoms with Crippen molar-refractivity contribution in [2.24, 2.45) is 5.41 Å². The van der Waals surface area contributed by atoms with Gasteiger partial charge in [0.2, 0.25) is 11.9 Å². The molecule has 2 aromatic rings. The first kappa shape index (κ1) is 30.6.